The van der Waals surface area contributed by atoms with Crippen LogP contribution in [0.15, 0.2) is 29.0 Å². The summed E-state index contributed by atoms with van der Waals surface area (Å²) < 4.78 is 0.963. The molecule has 0 bridgehead atoms. The van der Waals surface area contributed by atoms with E-state index in [1.807, 2.05) is 24.5 Å². The van der Waals surface area contributed by atoms with Gasteiger partial charge < -0.3 is 5.32 Å². The Bertz CT molecular complexity index is 542. The summed E-state index contributed by atoms with van der Waals surface area (Å²) in [5.41, 5.74) is 2.95. The minimum Gasteiger partial charge on any atom is -0.383 e. The Balaban J connectivity index is 1.84. The number of halogens is 1. The highest BCUT2D eigenvalue weighted by Crippen LogP contribution is 2.22. The third kappa shape index (κ3) is 4.44. The first-order valence-electron chi connectivity index (χ1n) is 7.45. The Hall–Kier alpha value is -1.16. The van der Waals surface area contributed by atoms with Crippen molar-refractivity contribution in [2.45, 2.75) is 45.4 Å². The lowest BCUT2D eigenvalue weighted by molar-refractivity contribution is 0.617. The third-order valence-electron chi connectivity index (χ3n) is 3.39. The van der Waals surface area contributed by atoms with E-state index in [-0.39, 0.29) is 0 Å². The van der Waals surface area contributed by atoms with Crippen LogP contribution in [0, 0.1) is 0 Å². The van der Waals surface area contributed by atoms with Crippen LogP contribution < -0.4 is 5.32 Å². The molecule has 0 aromatic carbocycles. The second-order valence-corrected chi connectivity index (χ2v) is 5.99. The van der Waals surface area contributed by atoms with Crippen LogP contribution in [0.5, 0.6) is 0 Å². The van der Waals surface area contributed by atoms with E-state index in [4.69, 9.17) is 0 Å². The average Bonchev–Trinajstić information content (AvgIpc) is 2.46. The number of nitrogens with one attached hydrogen (secondary N) is 1. The molecule has 0 saturated heterocycles. The Morgan fingerprint density at radius 2 is 1.90 bits per heavy atom. The molecule has 2 aromatic rings. The van der Waals surface area contributed by atoms with Crippen LogP contribution in [-0.2, 0) is 0 Å². The molecule has 20 heavy (non-hydrogen) atoms. The number of hydrogen-bond acceptors (Lipinski definition) is 3. The SMILES string of the molecule is CCCCCCCCNc1ccnc2cc(Br)cnc12. The van der Waals surface area contributed by atoms with E-state index in [1.54, 1.807) is 0 Å². The molecule has 0 aliphatic carbocycles. The van der Waals surface area contributed by atoms with Crippen molar-refractivity contribution in [1.82, 2.24) is 9.97 Å². The van der Waals surface area contributed by atoms with Gasteiger partial charge in [0.15, 0.2) is 0 Å². The molecule has 0 aliphatic rings. The molecule has 0 radical (unpaired) electrons. The molecule has 0 aliphatic heterocycles. The molecule has 0 atom stereocenters. The van der Waals surface area contributed by atoms with E-state index < -0.39 is 0 Å². The van der Waals surface area contributed by atoms with Gasteiger partial charge in [-0.3, -0.25) is 9.97 Å². The molecule has 4 heteroatoms. The van der Waals surface area contributed by atoms with Crippen LogP contribution in [0.25, 0.3) is 11.0 Å². The normalized spacial score (nSPS) is 10.9. The predicted octanol–water partition coefficient (Wildman–Crippen LogP) is 5.16. The molecule has 2 aromatic heterocycles. The third-order valence-corrected chi connectivity index (χ3v) is 3.82. The summed E-state index contributed by atoms with van der Waals surface area (Å²) in [7, 11) is 0. The molecule has 1 N–H and O–H groups in total. The number of aromatic nitrogens is 2. The van der Waals surface area contributed by atoms with Crippen molar-refractivity contribution in [1.29, 1.82) is 0 Å². The van der Waals surface area contributed by atoms with Crippen molar-refractivity contribution in [3.63, 3.8) is 0 Å². The highest BCUT2D eigenvalue weighted by atomic mass is 79.9. The van der Waals surface area contributed by atoms with Crippen LogP contribution in [-0.4, -0.2) is 16.5 Å². The number of hydrogen-bond donors (Lipinski definition) is 1. The maximum atomic E-state index is 4.45. The van der Waals surface area contributed by atoms with Crippen LogP contribution in [0.3, 0.4) is 0 Å². The standard InChI is InChI=1S/C16H22BrN3/c1-2-3-4-5-6-7-9-18-14-8-10-19-15-11-13(17)12-20-16(14)15/h8,10-12H,2-7,9H2,1H3,(H,18,19). The molecule has 2 rings (SSSR count). The van der Waals surface area contributed by atoms with Gasteiger partial charge in [0.1, 0.15) is 5.52 Å². The average molecular weight is 336 g/mol. The highest BCUT2D eigenvalue weighted by molar-refractivity contribution is 9.10. The van der Waals surface area contributed by atoms with Crippen LogP contribution in [0.4, 0.5) is 5.69 Å². The summed E-state index contributed by atoms with van der Waals surface area (Å²) in [5.74, 6) is 0. The molecule has 0 amide bonds. The molecule has 0 fully saturated rings. The van der Waals surface area contributed by atoms with Crippen molar-refractivity contribution >= 4 is 32.7 Å². The maximum absolute atomic E-state index is 4.45. The van der Waals surface area contributed by atoms with Gasteiger partial charge in [-0.25, -0.2) is 0 Å². The van der Waals surface area contributed by atoms with Crippen molar-refractivity contribution in [2.24, 2.45) is 0 Å². The van der Waals surface area contributed by atoms with E-state index in [0.29, 0.717) is 0 Å². The lowest BCUT2D eigenvalue weighted by Crippen LogP contribution is -2.03. The Labute approximate surface area is 129 Å². The second kappa shape index (κ2) is 8.20. The van der Waals surface area contributed by atoms with Crippen molar-refractivity contribution in [2.75, 3.05) is 11.9 Å². The van der Waals surface area contributed by atoms with E-state index in [1.165, 1.54) is 38.5 Å². The number of rotatable bonds is 8. The summed E-state index contributed by atoms with van der Waals surface area (Å²) in [6.07, 6.45) is 11.5. The first-order chi connectivity index (χ1) is 9.81. The number of unbranched alkanes of at least 4 members (excludes halogenated alkanes) is 5. The van der Waals surface area contributed by atoms with E-state index in [2.05, 4.69) is 38.1 Å². The van der Waals surface area contributed by atoms with Gasteiger partial charge in [0, 0.05) is 23.4 Å². The summed E-state index contributed by atoms with van der Waals surface area (Å²) in [4.78, 5) is 8.80. The molecule has 0 spiro atoms. The van der Waals surface area contributed by atoms with Crippen molar-refractivity contribution in [3.05, 3.63) is 29.0 Å². The van der Waals surface area contributed by atoms with Crippen molar-refractivity contribution < 1.29 is 0 Å². The van der Waals surface area contributed by atoms with Gasteiger partial charge in [0.25, 0.3) is 0 Å². The molecule has 3 nitrogen and oxygen atoms in total. The van der Waals surface area contributed by atoms with Gasteiger partial charge in [-0.1, -0.05) is 39.0 Å². The number of fused-ring (bicyclic) bond motifs is 1. The molecule has 0 unspecified atom stereocenters. The minimum atomic E-state index is 0.923. The Kier molecular flexibility index (Phi) is 6.25. The van der Waals surface area contributed by atoms with E-state index in [9.17, 15) is 0 Å². The van der Waals surface area contributed by atoms with Gasteiger partial charge in [-0.2, -0.15) is 0 Å². The van der Waals surface area contributed by atoms with Gasteiger partial charge >= 0.3 is 0 Å². The van der Waals surface area contributed by atoms with Crippen LogP contribution >= 0.6 is 15.9 Å². The number of anilines is 1. The lowest BCUT2D eigenvalue weighted by atomic mass is 10.1. The maximum Gasteiger partial charge on any atom is 0.112 e. The first kappa shape index (κ1) is 15.2. The van der Waals surface area contributed by atoms with E-state index in [0.717, 1.165) is 27.7 Å². The number of pyridine rings is 2. The molecular weight excluding hydrogens is 314 g/mol. The van der Waals surface area contributed by atoms with Crippen LogP contribution in [0.2, 0.25) is 0 Å². The predicted molar refractivity (Wildman–Crippen MR) is 89.1 cm³/mol. The Morgan fingerprint density at radius 3 is 2.75 bits per heavy atom. The van der Waals surface area contributed by atoms with Crippen LogP contribution in [0.1, 0.15) is 45.4 Å². The largest absolute Gasteiger partial charge is 0.383 e. The van der Waals surface area contributed by atoms with Crippen molar-refractivity contribution in [3.8, 4) is 0 Å². The fourth-order valence-corrected chi connectivity index (χ4v) is 2.60. The zero-order valence-electron chi connectivity index (χ0n) is 12.0. The smallest absolute Gasteiger partial charge is 0.112 e. The second-order valence-electron chi connectivity index (χ2n) is 5.07. The molecule has 2 heterocycles. The quantitative estimate of drug-likeness (QED) is 0.676. The zero-order chi connectivity index (χ0) is 14.2. The molecule has 108 valence electrons. The fourth-order valence-electron chi connectivity index (χ4n) is 2.28. The van der Waals surface area contributed by atoms with Gasteiger partial charge in [-0.05, 0) is 34.5 Å². The van der Waals surface area contributed by atoms with Gasteiger partial charge in [0.05, 0.1) is 11.2 Å². The lowest BCUT2D eigenvalue weighted by Gasteiger charge is -2.08. The first-order valence-corrected chi connectivity index (χ1v) is 8.24. The Morgan fingerprint density at radius 1 is 1.10 bits per heavy atom. The fraction of sp³-hybridized carbons (Fsp3) is 0.500. The molecular formula is C16H22BrN3. The highest BCUT2D eigenvalue weighted by Gasteiger charge is 2.03. The van der Waals surface area contributed by atoms with Gasteiger partial charge in [0.2, 0.25) is 0 Å². The summed E-state index contributed by atoms with van der Waals surface area (Å²) in [6, 6.07) is 4.00. The summed E-state index contributed by atoms with van der Waals surface area (Å²) in [6.45, 7) is 3.25. The summed E-state index contributed by atoms with van der Waals surface area (Å²) >= 11 is 3.43. The topological polar surface area (TPSA) is 37.8 Å². The molecule has 0 saturated carbocycles. The minimum absolute atomic E-state index is 0.923. The van der Waals surface area contributed by atoms with Gasteiger partial charge in [-0.15, -0.1) is 0 Å². The van der Waals surface area contributed by atoms with E-state index >= 15 is 0 Å². The zero-order valence-corrected chi connectivity index (χ0v) is 13.6. The monoisotopic (exact) mass is 335 g/mol. The summed E-state index contributed by atoms with van der Waals surface area (Å²) in [5, 5.41) is 3.48. The number of nitrogens with zero attached hydrogens (tertiary/aromatic N) is 2.